The van der Waals surface area contributed by atoms with E-state index in [0.29, 0.717) is 50.0 Å². The summed E-state index contributed by atoms with van der Waals surface area (Å²) in [5.41, 5.74) is 0.624. The molecule has 0 saturated carbocycles. The van der Waals surface area contributed by atoms with Crippen molar-refractivity contribution in [2.24, 2.45) is 10.6 Å². The maximum absolute atomic E-state index is 13.3. The molecule has 22 heavy (non-hydrogen) atoms. The Morgan fingerprint density at radius 3 is 2.91 bits per heavy atom. The van der Waals surface area contributed by atoms with E-state index in [2.05, 4.69) is 10.5 Å². The van der Waals surface area contributed by atoms with Crippen LogP contribution in [-0.4, -0.2) is 36.0 Å². The summed E-state index contributed by atoms with van der Waals surface area (Å²) in [7, 11) is 0. The van der Waals surface area contributed by atoms with E-state index >= 15 is 0 Å². The van der Waals surface area contributed by atoms with Crippen LogP contribution in [0.25, 0.3) is 0 Å². The van der Waals surface area contributed by atoms with Gasteiger partial charge in [-0.05, 0) is 38.1 Å². The molecule has 2 N–H and O–H groups in total. The van der Waals surface area contributed by atoms with Crippen molar-refractivity contribution < 1.29 is 19.1 Å². The third-order valence-electron chi connectivity index (χ3n) is 4.52. The number of nitrogens with one attached hydrogen (secondary N) is 1. The van der Waals surface area contributed by atoms with Crippen molar-refractivity contribution in [2.75, 3.05) is 13.1 Å². The average Bonchev–Trinajstić information content (AvgIpc) is 2.96. The van der Waals surface area contributed by atoms with E-state index in [4.69, 9.17) is 4.84 Å². The maximum atomic E-state index is 13.3. The summed E-state index contributed by atoms with van der Waals surface area (Å²) in [4.78, 5) is 17.1. The predicted molar refractivity (Wildman–Crippen MR) is 79.2 cm³/mol. The molecule has 1 fully saturated rings. The van der Waals surface area contributed by atoms with E-state index in [-0.39, 0.29) is 11.9 Å². The minimum absolute atomic E-state index is 0.257. The van der Waals surface area contributed by atoms with Gasteiger partial charge in [-0.25, -0.2) is 4.39 Å². The molecule has 1 aromatic carbocycles. The fourth-order valence-corrected chi connectivity index (χ4v) is 3.22. The Bertz CT molecular complexity index is 597. The molecule has 0 aromatic heterocycles. The summed E-state index contributed by atoms with van der Waals surface area (Å²) in [6.07, 6.45) is 1.89. The zero-order valence-electron chi connectivity index (χ0n) is 12.2. The van der Waals surface area contributed by atoms with Crippen molar-refractivity contribution in [3.63, 3.8) is 0 Å². The van der Waals surface area contributed by atoms with Crippen molar-refractivity contribution >= 4 is 11.7 Å². The Morgan fingerprint density at radius 1 is 1.45 bits per heavy atom. The van der Waals surface area contributed by atoms with Crippen LogP contribution in [-0.2, 0) is 9.63 Å². The molecule has 0 radical (unpaired) electrons. The van der Waals surface area contributed by atoms with Crippen molar-refractivity contribution in [1.82, 2.24) is 5.32 Å². The normalized spacial score (nSPS) is 23.7. The summed E-state index contributed by atoms with van der Waals surface area (Å²) >= 11 is 0. The van der Waals surface area contributed by atoms with Gasteiger partial charge in [0, 0.05) is 18.4 Å². The van der Waals surface area contributed by atoms with Gasteiger partial charge < -0.3 is 15.3 Å². The second-order valence-electron chi connectivity index (χ2n) is 6.02. The molecular weight excluding hydrogens is 287 g/mol. The fraction of sp³-hybridized carbons (Fsp3) is 0.500. The number of aliphatic carboxylic acids is 1. The predicted octanol–water partition coefficient (Wildman–Crippen LogP) is 2.16. The Morgan fingerprint density at radius 2 is 2.23 bits per heavy atom. The summed E-state index contributed by atoms with van der Waals surface area (Å²) in [6, 6.07) is 6.21. The highest BCUT2D eigenvalue weighted by Gasteiger charge is 2.43. The van der Waals surface area contributed by atoms with Crippen LogP contribution in [0.4, 0.5) is 4.39 Å². The monoisotopic (exact) mass is 306 g/mol. The van der Waals surface area contributed by atoms with E-state index in [1.54, 1.807) is 12.1 Å². The number of rotatable bonds is 4. The molecule has 1 aromatic rings. The molecule has 0 amide bonds. The molecule has 6 heteroatoms. The molecule has 3 rings (SSSR count). The van der Waals surface area contributed by atoms with Gasteiger partial charge in [0.2, 0.25) is 0 Å². The first-order chi connectivity index (χ1) is 10.6. The third-order valence-corrected chi connectivity index (χ3v) is 4.52. The number of halogens is 1. The van der Waals surface area contributed by atoms with Gasteiger partial charge in [-0.1, -0.05) is 17.3 Å². The summed E-state index contributed by atoms with van der Waals surface area (Å²) in [5.74, 6) is -1.08. The molecular formula is C16H19FN2O3. The maximum Gasteiger partial charge on any atom is 0.309 e. The van der Waals surface area contributed by atoms with Gasteiger partial charge in [0.15, 0.2) is 0 Å². The number of carboxylic acid groups (broad SMARTS) is 1. The van der Waals surface area contributed by atoms with Crippen LogP contribution in [0, 0.1) is 11.2 Å². The largest absolute Gasteiger partial charge is 0.481 e. The Balaban J connectivity index is 1.67. The Kier molecular flexibility index (Phi) is 4.11. The lowest BCUT2D eigenvalue weighted by atomic mass is 9.74. The van der Waals surface area contributed by atoms with Crippen LogP contribution in [0.3, 0.4) is 0 Å². The molecule has 1 unspecified atom stereocenters. The smallest absolute Gasteiger partial charge is 0.309 e. The molecule has 0 bridgehead atoms. The number of carbonyl (C=O) groups is 1. The van der Waals surface area contributed by atoms with Crippen molar-refractivity contribution in [1.29, 1.82) is 0 Å². The van der Waals surface area contributed by atoms with E-state index in [9.17, 15) is 14.3 Å². The highest BCUT2D eigenvalue weighted by Crippen LogP contribution is 2.37. The van der Waals surface area contributed by atoms with Gasteiger partial charge in [0.05, 0.1) is 11.1 Å². The number of piperidine rings is 1. The van der Waals surface area contributed by atoms with Gasteiger partial charge in [-0.15, -0.1) is 0 Å². The average molecular weight is 306 g/mol. The topological polar surface area (TPSA) is 70.9 Å². The first-order valence-electron chi connectivity index (χ1n) is 7.52. The zero-order chi connectivity index (χ0) is 15.6. The van der Waals surface area contributed by atoms with Crippen LogP contribution in [0.1, 0.15) is 31.2 Å². The Labute approximate surface area is 128 Å². The standard InChI is InChI=1S/C16H19FN2O3/c17-12-3-1-2-11(8-12)14-9-13(22-19-14)10-16(15(20)21)4-6-18-7-5-16/h1-3,8,13,18H,4-7,9-10H2,(H,20,21). The third kappa shape index (κ3) is 2.97. The van der Waals surface area contributed by atoms with Gasteiger partial charge in [0.25, 0.3) is 0 Å². The van der Waals surface area contributed by atoms with Gasteiger partial charge in [-0.2, -0.15) is 0 Å². The van der Waals surface area contributed by atoms with Crippen molar-refractivity contribution in [3.05, 3.63) is 35.6 Å². The molecule has 5 nitrogen and oxygen atoms in total. The van der Waals surface area contributed by atoms with Crippen molar-refractivity contribution in [2.45, 2.75) is 31.8 Å². The Hall–Kier alpha value is -1.95. The van der Waals surface area contributed by atoms with E-state index in [0.717, 1.165) is 0 Å². The molecule has 2 aliphatic rings. The first kappa shape index (κ1) is 15.0. The van der Waals surface area contributed by atoms with Crippen LogP contribution < -0.4 is 5.32 Å². The summed E-state index contributed by atoms with van der Waals surface area (Å²) in [5, 5.41) is 16.8. The fourth-order valence-electron chi connectivity index (χ4n) is 3.22. The number of hydrogen-bond donors (Lipinski definition) is 2. The lowest BCUT2D eigenvalue weighted by molar-refractivity contribution is -0.153. The minimum Gasteiger partial charge on any atom is -0.481 e. The van der Waals surface area contributed by atoms with Crippen LogP contribution in [0.15, 0.2) is 29.4 Å². The molecule has 0 aliphatic carbocycles. The number of nitrogens with zero attached hydrogens (tertiary/aromatic N) is 1. The van der Waals surface area contributed by atoms with Crippen molar-refractivity contribution in [3.8, 4) is 0 Å². The summed E-state index contributed by atoms with van der Waals surface area (Å²) in [6.45, 7) is 1.41. The lowest BCUT2D eigenvalue weighted by Crippen LogP contribution is -2.44. The van der Waals surface area contributed by atoms with Gasteiger partial charge in [0.1, 0.15) is 11.9 Å². The van der Waals surface area contributed by atoms with E-state index in [1.807, 2.05) is 0 Å². The highest BCUT2D eigenvalue weighted by molar-refractivity contribution is 6.01. The van der Waals surface area contributed by atoms with Crippen LogP contribution in [0.5, 0.6) is 0 Å². The number of hydrogen-bond acceptors (Lipinski definition) is 4. The molecule has 118 valence electrons. The van der Waals surface area contributed by atoms with E-state index < -0.39 is 11.4 Å². The van der Waals surface area contributed by atoms with Gasteiger partial charge in [-0.3, -0.25) is 4.79 Å². The van der Waals surface area contributed by atoms with E-state index in [1.165, 1.54) is 12.1 Å². The second-order valence-corrected chi connectivity index (χ2v) is 6.02. The molecule has 2 aliphatic heterocycles. The second kappa shape index (κ2) is 6.04. The molecule has 1 atom stereocenters. The highest BCUT2D eigenvalue weighted by atomic mass is 19.1. The number of oxime groups is 1. The molecule has 2 heterocycles. The van der Waals surface area contributed by atoms with Crippen LogP contribution in [0.2, 0.25) is 0 Å². The van der Waals surface area contributed by atoms with Gasteiger partial charge >= 0.3 is 5.97 Å². The minimum atomic E-state index is -0.767. The molecule has 0 spiro atoms. The number of carboxylic acids is 1. The lowest BCUT2D eigenvalue weighted by Gasteiger charge is -2.34. The number of benzene rings is 1. The quantitative estimate of drug-likeness (QED) is 0.894. The zero-order valence-corrected chi connectivity index (χ0v) is 12.2. The SMILES string of the molecule is O=C(O)C1(CC2CC(c3cccc(F)c3)=NO2)CCNCC1. The van der Waals surface area contributed by atoms with Crippen LogP contribution >= 0.6 is 0 Å². The molecule has 1 saturated heterocycles. The first-order valence-corrected chi connectivity index (χ1v) is 7.52. The summed E-state index contributed by atoms with van der Waals surface area (Å²) < 4.78 is 13.3.